The Balaban J connectivity index is 1.55. The van der Waals surface area contributed by atoms with E-state index in [0.717, 1.165) is 34.9 Å². The Morgan fingerprint density at radius 1 is 1.21 bits per heavy atom. The quantitative estimate of drug-likeness (QED) is 0.825. The molecule has 3 rings (SSSR count). The molecule has 1 aromatic carbocycles. The van der Waals surface area contributed by atoms with Gasteiger partial charge in [-0.15, -0.1) is 11.3 Å². The number of fused-ring (bicyclic) bond motifs is 1. The molecule has 0 atom stereocenters. The van der Waals surface area contributed by atoms with E-state index in [9.17, 15) is 4.79 Å². The van der Waals surface area contributed by atoms with Gasteiger partial charge in [-0.3, -0.25) is 0 Å². The maximum absolute atomic E-state index is 12.6. The SMILES string of the molecule is COc1cc2c(cc1OC)CN(C(=O)NCCc1nc(C(C)(C)C)cs1)CC2. The number of ether oxygens (including phenoxy) is 2. The molecule has 6 nitrogen and oxygen atoms in total. The number of benzene rings is 1. The van der Waals surface area contributed by atoms with E-state index < -0.39 is 0 Å². The third kappa shape index (κ3) is 4.58. The fraction of sp³-hybridized carbons (Fsp3) is 0.524. The molecule has 0 aliphatic carbocycles. The van der Waals surface area contributed by atoms with E-state index in [1.165, 1.54) is 5.56 Å². The molecule has 0 bridgehead atoms. The van der Waals surface area contributed by atoms with Gasteiger partial charge in [-0.05, 0) is 29.7 Å². The zero-order valence-corrected chi connectivity index (χ0v) is 18.1. The number of nitrogens with one attached hydrogen (secondary N) is 1. The van der Waals surface area contributed by atoms with Crippen molar-refractivity contribution in [3.63, 3.8) is 0 Å². The van der Waals surface area contributed by atoms with Gasteiger partial charge in [0.2, 0.25) is 0 Å². The van der Waals surface area contributed by atoms with Crippen LogP contribution in [-0.4, -0.2) is 43.2 Å². The van der Waals surface area contributed by atoms with E-state index in [2.05, 4.69) is 36.5 Å². The van der Waals surface area contributed by atoms with Crippen LogP contribution in [0.3, 0.4) is 0 Å². The molecule has 0 spiro atoms. The van der Waals surface area contributed by atoms with Crippen LogP contribution < -0.4 is 14.8 Å². The second-order valence-corrected chi connectivity index (χ2v) is 8.95. The van der Waals surface area contributed by atoms with Crippen molar-refractivity contribution in [1.82, 2.24) is 15.2 Å². The summed E-state index contributed by atoms with van der Waals surface area (Å²) in [6.45, 7) is 8.34. The van der Waals surface area contributed by atoms with Crippen molar-refractivity contribution in [3.05, 3.63) is 39.3 Å². The number of nitrogens with zero attached hydrogens (tertiary/aromatic N) is 2. The molecular weight excluding hydrogens is 374 g/mol. The molecule has 0 unspecified atom stereocenters. The van der Waals surface area contributed by atoms with Crippen LogP contribution in [0, 0.1) is 0 Å². The molecular formula is C21H29N3O3S. The highest BCUT2D eigenvalue weighted by Gasteiger charge is 2.23. The molecule has 1 aromatic heterocycles. The third-order valence-corrected chi connectivity index (χ3v) is 5.85. The number of methoxy groups -OCH3 is 2. The minimum absolute atomic E-state index is 0.0342. The standard InChI is InChI=1S/C21H29N3O3S/c1-21(2,3)18-13-28-19(23-18)6-8-22-20(25)24-9-7-14-10-16(26-4)17(27-5)11-15(14)12-24/h10-11,13H,6-9,12H2,1-5H3,(H,22,25). The van der Waals surface area contributed by atoms with Crippen LogP contribution in [0.4, 0.5) is 4.79 Å². The molecule has 1 aliphatic rings. The Hall–Kier alpha value is -2.28. The highest BCUT2D eigenvalue weighted by Crippen LogP contribution is 2.33. The molecule has 152 valence electrons. The van der Waals surface area contributed by atoms with Gasteiger partial charge in [-0.2, -0.15) is 0 Å². The summed E-state index contributed by atoms with van der Waals surface area (Å²) in [6.07, 6.45) is 1.56. The molecule has 0 radical (unpaired) electrons. The molecule has 1 N–H and O–H groups in total. The maximum atomic E-state index is 12.6. The van der Waals surface area contributed by atoms with Gasteiger partial charge >= 0.3 is 6.03 Å². The number of hydrogen-bond acceptors (Lipinski definition) is 5. The van der Waals surface area contributed by atoms with E-state index in [4.69, 9.17) is 9.47 Å². The monoisotopic (exact) mass is 403 g/mol. The summed E-state index contributed by atoms with van der Waals surface area (Å²) in [5, 5.41) is 6.20. The first-order chi connectivity index (χ1) is 13.3. The molecule has 2 amide bonds. The largest absolute Gasteiger partial charge is 0.493 e. The Labute approximate surface area is 170 Å². The molecule has 0 saturated heterocycles. The number of aromatic nitrogens is 1. The van der Waals surface area contributed by atoms with Gasteiger partial charge < -0.3 is 19.7 Å². The molecule has 7 heteroatoms. The van der Waals surface area contributed by atoms with Crippen molar-refractivity contribution in [2.45, 2.75) is 45.6 Å². The lowest BCUT2D eigenvalue weighted by molar-refractivity contribution is 0.192. The Bertz CT molecular complexity index is 842. The topological polar surface area (TPSA) is 63.7 Å². The Kier molecular flexibility index (Phi) is 6.13. The summed E-state index contributed by atoms with van der Waals surface area (Å²) < 4.78 is 10.8. The zero-order chi connectivity index (χ0) is 20.3. The molecule has 28 heavy (non-hydrogen) atoms. The molecule has 0 saturated carbocycles. The summed E-state index contributed by atoms with van der Waals surface area (Å²) in [5.41, 5.74) is 3.48. The van der Waals surface area contributed by atoms with Crippen LogP contribution in [0.5, 0.6) is 11.5 Å². The van der Waals surface area contributed by atoms with Gasteiger partial charge in [-0.1, -0.05) is 20.8 Å². The molecule has 1 aliphatic heterocycles. The summed E-state index contributed by atoms with van der Waals surface area (Å²) in [7, 11) is 3.26. The molecule has 2 heterocycles. The Morgan fingerprint density at radius 2 is 1.89 bits per heavy atom. The number of hydrogen-bond donors (Lipinski definition) is 1. The second kappa shape index (κ2) is 8.39. The normalized spacial score (nSPS) is 13.8. The molecule has 2 aromatic rings. The summed E-state index contributed by atoms with van der Waals surface area (Å²) in [4.78, 5) is 19.1. The van der Waals surface area contributed by atoms with E-state index in [0.29, 0.717) is 25.4 Å². The van der Waals surface area contributed by atoms with Gasteiger partial charge in [0, 0.05) is 36.9 Å². The van der Waals surface area contributed by atoms with Crippen LogP contribution in [0.1, 0.15) is 42.6 Å². The predicted molar refractivity (Wildman–Crippen MR) is 112 cm³/mol. The lowest BCUT2D eigenvalue weighted by Crippen LogP contribution is -2.43. The van der Waals surface area contributed by atoms with Crippen molar-refractivity contribution >= 4 is 17.4 Å². The van der Waals surface area contributed by atoms with Crippen molar-refractivity contribution in [2.75, 3.05) is 27.3 Å². The van der Waals surface area contributed by atoms with Crippen LogP contribution in [0.25, 0.3) is 0 Å². The van der Waals surface area contributed by atoms with Crippen molar-refractivity contribution in [1.29, 1.82) is 0 Å². The number of amides is 2. The number of carbonyl (C=O) groups is 1. The summed E-state index contributed by atoms with van der Waals surface area (Å²) >= 11 is 1.66. The lowest BCUT2D eigenvalue weighted by atomic mass is 9.93. The first-order valence-corrected chi connectivity index (χ1v) is 10.4. The highest BCUT2D eigenvalue weighted by molar-refractivity contribution is 7.09. The predicted octanol–water partition coefficient (Wildman–Crippen LogP) is 3.77. The van der Waals surface area contributed by atoms with Gasteiger partial charge in [0.15, 0.2) is 11.5 Å². The van der Waals surface area contributed by atoms with Crippen molar-refractivity contribution in [3.8, 4) is 11.5 Å². The van der Waals surface area contributed by atoms with Gasteiger partial charge in [0.25, 0.3) is 0 Å². The third-order valence-electron chi connectivity index (χ3n) is 4.94. The van der Waals surface area contributed by atoms with Crippen LogP contribution >= 0.6 is 11.3 Å². The average molecular weight is 404 g/mol. The molecule has 0 fully saturated rings. The van der Waals surface area contributed by atoms with Gasteiger partial charge in [0.05, 0.1) is 24.9 Å². The van der Waals surface area contributed by atoms with E-state index in [-0.39, 0.29) is 11.4 Å². The zero-order valence-electron chi connectivity index (χ0n) is 17.3. The smallest absolute Gasteiger partial charge is 0.317 e. The van der Waals surface area contributed by atoms with Crippen LogP contribution in [-0.2, 0) is 24.8 Å². The lowest BCUT2D eigenvalue weighted by Gasteiger charge is -2.29. The Morgan fingerprint density at radius 3 is 2.50 bits per heavy atom. The first-order valence-electron chi connectivity index (χ1n) is 9.53. The summed E-state index contributed by atoms with van der Waals surface area (Å²) in [6, 6.07) is 3.95. The highest BCUT2D eigenvalue weighted by atomic mass is 32.1. The second-order valence-electron chi connectivity index (χ2n) is 8.01. The summed E-state index contributed by atoms with van der Waals surface area (Å²) in [5.74, 6) is 1.43. The fourth-order valence-corrected chi connectivity index (χ4v) is 4.24. The minimum Gasteiger partial charge on any atom is -0.493 e. The first kappa shape index (κ1) is 20.5. The van der Waals surface area contributed by atoms with E-state index in [1.807, 2.05) is 17.0 Å². The van der Waals surface area contributed by atoms with Crippen LogP contribution in [0.15, 0.2) is 17.5 Å². The van der Waals surface area contributed by atoms with Gasteiger partial charge in [-0.25, -0.2) is 9.78 Å². The van der Waals surface area contributed by atoms with E-state index in [1.54, 1.807) is 25.6 Å². The number of thiazole rings is 1. The number of carbonyl (C=O) groups excluding carboxylic acids is 1. The van der Waals surface area contributed by atoms with Crippen molar-refractivity contribution in [2.24, 2.45) is 0 Å². The van der Waals surface area contributed by atoms with Crippen LogP contribution in [0.2, 0.25) is 0 Å². The minimum atomic E-state index is -0.0342. The number of urea groups is 1. The number of rotatable bonds is 5. The maximum Gasteiger partial charge on any atom is 0.317 e. The van der Waals surface area contributed by atoms with Gasteiger partial charge in [0.1, 0.15) is 0 Å². The van der Waals surface area contributed by atoms with E-state index >= 15 is 0 Å². The average Bonchev–Trinajstić information content (AvgIpc) is 3.15. The van der Waals surface area contributed by atoms with Crippen molar-refractivity contribution < 1.29 is 14.3 Å². The fourth-order valence-electron chi connectivity index (χ4n) is 3.21.